The Kier molecular flexibility index (Phi) is 4.53. The van der Waals surface area contributed by atoms with Crippen molar-refractivity contribution in [3.8, 4) is 0 Å². The molecule has 2 heterocycles. The molecule has 2 aliphatic heterocycles. The largest absolute Gasteiger partial charge is 0.447 e. The maximum atomic E-state index is 12.1. The standard InChI is InChI=1S/C22H22N3O4/c1-22(2)11-19(24-18-6-3-13(12-26)9-17(18)22)16-10-14(4-5-15(16)20(23)27)25-7-8-29-21(25)28/h3-6,9-10,19,24H,7-8,11H2,1-2H3,(H2,23,27). The van der Waals surface area contributed by atoms with Gasteiger partial charge in [-0.2, -0.15) is 0 Å². The summed E-state index contributed by atoms with van der Waals surface area (Å²) in [6.45, 7) is 5.00. The van der Waals surface area contributed by atoms with E-state index in [9.17, 15) is 14.4 Å². The lowest BCUT2D eigenvalue weighted by molar-refractivity contribution is 0.0998. The Hall–Kier alpha value is -3.35. The number of carbonyl (C=O) groups is 2. The van der Waals surface area contributed by atoms with Gasteiger partial charge in [0.15, 0.2) is 0 Å². The molecule has 1 atom stereocenters. The molecule has 0 spiro atoms. The molecule has 0 bridgehead atoms. The van der Waals surface area contributed by atoms with Crippen molar-refractivity contribution in [1.29, 1.82) is 0 Å². The lowest BCUT2D eigenvalue weighted by atomic mass is 9.73. The summed E-state index contributed by atoms with van der Waals surface area (Å²) in [6, 6.07) is 10.4. The number of anilines is 2. The van der Waals surface area contributed by atoms with Gasteiger partial charge in [-0.25, -0.2) is 4.79 Å². The Morgan fingerprint density at radius 2 is 2.07 bits per heavy atom. The van der Waals surface area contributed by atoms with E-state index in [2.05, 4.69) is 19.2 Å². The van der Waals surface area contributed by atoms with E-state index in [0.717, 1.165) is 16.8 Å². The monoisotopic (exact) mass is 392 g/mol. The van der Waals surface area contributed by atoms with Crippen LogP contribution in [0.4, 0.5) is 16.2 Å². The van der Waals surface area contributed by atoms with E-state index in [1.807, 2.05) is 24.5 Å². The van der Waals surface area contributed by atoms with Crippen molar-refractivity contribution in [2.45, 2.75) is 31.7 Å². The molecule has 2 aliphatic rings. The molecule has 29 heavy (non-hydrogen) atoms. The average molecular weight is 392 g/mol. The molecule has 2 aromatic rings. The van der Waals surface area contributed by atoms with Gasteiger partial charge < -0.3 is 15.8 Å². The topological polar surface area (TPSA) is 102 Å². The predicted octanol–water partition coefficient (Wildman–Crippen LogP) is 3.03. The zero-order valence-corrected chi connectivity index (χ0v) is 16.3. The molecule has 0 saturated carbocycles. The summed E-state index contributed by atoms with van der Waals surface area (Å²) in [5, 5.41) is 3.47. The number of ether oxygens (including phenoxy) is 1. The van der Waals surface area contributed by atoms with Crippen molar-refractivity contribution < 1.29 is 19.1 Å². The Balaban J connectivity index is 1.78. The molecule has 1 saturated heterocycles. The fraction of sp³-hybridized carbons (Fsp3) is 0.318. The SMILES string of the molecule is CC1(C)CC(c2cc(N3CCOC3=O)ccc2C(N)=O)Nc2ccc([C]=O)cc21. The van der Waals surface area contributed by atoms with Gasteiger partial charge in [-0.3, -0.25) is 14.5 Å². The van der Waals surface area contributed by atoms with Gasteiger partial charge in [-0.15, -0.1) is 0 Å². The summed E-state index contributed by atoms with van der Waals surface area (Å²) in [5.41, 5.74) is 9.62. The van der Waals surface area contributed by atoms with Gasteiger partial charge in [0, 0.05) is 22.5 Å². The van der Waals surface area contributed by atoms with Crippen LogP contribution >= 0.6 is 0 Å². The van der Waals surface area contributed by atoms with Gasteiger partial charge in [0.25, 0.3) is 0 Å². The van der Waals surface area contributed by atoms with E-state index in [4.69, 9.17) is 10.5 Å². The zero-order chi connectivity index (χ0) is 20.8. The third-order valence-electron chi connectivity index (χ3n) is 5.66. The minimum Gasteiger partial charge on any atom is -0.447 e. The van der Waals surface area contributed by atoms with Gasteiger partial charge in [-0.1, -0.05) is 13.8 Å². The number of nitrogens with two attached hydrogens (primary N) is 1. The number of benzene rings is 2. The van der Waals surface area contributed by atoms with Gasteiger partial charge in [0.05, 0.1) is 12.6 Å². The van der Waals surface area contributed by atoms with E-state index in [1.165, 1.54) is 0 Å². The summed E-state index contributed by atoms with van der Waals surface area (Å²) in [6.07, 6.45) is 2.21. The molecule has 2 aromatic carbocycles. The molecule has 7 nitrogen and oxygen atoms in total. The van der Waals surface area contributed by atoms with E-state index < -0.39 is 12.0 Å². The number of hydrogen-bond donors (Lipinski definition) is 2. The molecular weight excluding hydrogens is 370 g/mol. The third kappa shape index (κ3) is 3.33. The zero-order valence-electron chi connectivity index (χ0n) is 16.3. The smallest absolute Gasteiger partial charge is 0.414 e. The van der Waals surface area contributed by atoms with Crippen LogP contribution in [0.5, 0.6) is 0 Å². The van der Waals surface area contributed by atoms with Gasteiger partial charge in [-0.05, 0) is 59.4 Å². The first-order chi connectivity index (χ1) is 13.8. The van der Waals surface area contributed by atoms with E-state index >= 15 is 0 Å². The molecule has 4 rings (SSSR count). The molecule has 3 N–H and O–H groups in total. The second kappa shape index (κ2) is 6.92. The maximum Gasteiger partial charge on any atom is 0.414 e. The Morgan fingerprint density at radius 1 is 1.28 bits per heavy atom. The molecule has 1 fully saturated rings. The van der Waals surface area contributed by atoms with Crippen LogP contribution in [0.25, 0.3) is 0 Å². The first kappa shape index (κ1) is 19.0. The number of rotatable bonds is 4. The van der Waals surface area contributed by atoms with Gasteiger partial charge in [0.2, 0.25) is 12.2 Å². The van der Waals surface area contributed by atoms with Crippen LogP contribution in [-0.2, 0) is 14.9 Å². The van der Waals surface area contributed by atoms with Crippen LogP contribution in [0, 0.1) is 0 Å². The Morgan fingerprint density at radius 3 is 2.72 bits per heavy atom. The van der Waals surface area contributed by atoms with E-state index in [-0.39, 0.29) is 11.5 Å². The molecule has 0 aromatic heterocycles. The molecule has 149 valence electrons. The van der Waals surface area contributed by atoms with Crippen LogP contribution < -0.4 is 16.0 Å². The van der Waals surface area contributed by atoms with Crippen molar-refractivity contribution in [3.05, 3.63) is 58.7 Å². The Bertz CT molecular complexity index is 1020. The molecular formula is C22H22N3O4. The van der Waals surface area contributed by atoms with Crippen molar-refractivity contribution >= 4 is 29.7 Å². The van der Waals surface area contributed by atoms with Crippen LogP contribution in [-0.4, -0.2) is 31.4 Å². The van der Waals surface area contributed by atoms with Crippen LogP contribution in [0.15, 0.2) is 36.4 Å². The lowest BCUT2D eigenvalue weighted by Gasteiger charge is -2.39. The minimum absolute atomic E-state index is 0.190. The predicted molar refractivity (Wildman–Crippen MR) is 109 cm³/mol. The molecule has 7 heteroatoms. The van der Waals surface area contributed by atoms with Crippen molar-refractivity contribution in [2.75, 3.05) is 23.4 Å². The van der Waals surface area contributed by atoms with Crippen molar-refractivity contribution in [2.24, 2.45) is 5.73 Å². The average Bonchev–Trinajstić information content (AvgIpc) is 3.12. The number of hydrogen-bond acceptors (Lipinski definition) is 5. The highest BCUT2D eigenvalue weighted by Crippen LogP contribution is 2.45. The maximum absolute atomic E-state index is 12.1. The summed E-state index contributed by atoms with van der Waals surface area (Å²) < 4.78 is 5.03. The number of amides is 2. The number of fused-ring (bicyclic) bond motifs is 1. The lowest BCUT2D eigenvalue weighted by Crippen LogP contribution is -2.33. The molecule has 2 amide bonds. The number of nitrogens with zero attached hydrogens (tertiary/aromatic N) is 1. The Labute approximate surface area is 168 Å². The molecule has 0 aliphatic carbocycles. The van der Waals surface area contributed by atoms with Gasteiger partial charge in [0.1, 0.15) is 6.61 Å². The first-order valence-corrected chi connectivity index (χ1v) is 9.47. The van der Waals surface area contributed by atoms with Crippen LogP contribution in [0.3, 0.4) is 0 Å². The van der Waals surface area contributed by atoms with Gasteiger partial charge >= 0.3 is 6.09 Å². The second-order valence-electron chi connectivity index (χ2n) is 8.05. The van der Waals surface area contributed by atoms with Crippen LogP contribution in [0.1, 0.15) is 53.4 Å². The van der Waals surface area contributed by atoms with E-state index in [1.54, 1.807) is 23.1 Å². The summed E-state index contributed by atoms with van der Waals surface area (Å²) in [7, 11) is 0. The summed E-state index contributed by atoms with van der Waals surface area (Å²) in [4.78, 5) is 36.7. The minimum atomic E-state index is -0.521. The highest BCUT2D eigenvalue weighted by molar-refractivity contribution is 5.96. The number of carbonyl (C=O) groups excluding carboxylic acids is 3. The quantitative estimate of drug-likeness (QED) is 0.833. The first-order valence-electron chi connectivity index (χ1n) is 9.47. The second-order valence-corrected chi connectivity index (χ2v) is 8.05. The van der Waals surface area contributed by atoms with Crippen molar-refractivity contribution in [1.82, 2.24) is 0 Å². The van der Waals surface area contributed by atoms with Crippen molar-refractivity contribution in [3.63, 3.8) is 0 Å². The highest BCUT2D eigenvalue weighted by atomic mass is 16.6. The normalized spacial score (nSPS) is 19.9. The highest BCUT2D eigenvalue weighted by Gasteiger charge is 2.35. The fourth-order valence-electron chi connectivity index (χ4n) is 4.20. The molecule has 1 radical (unpaired) electrons. The number of primary amides is 1. The number of nitrogens with one attached hydrogen (secondary N) is 1. The van der Waals surface area contributed by atoms with Crippen LogP contribution in [0.2, 0.25) is 0 Å². The fourth-order valence-corrected chi connectivity index (χ4v) is 4.20. The summed E-state index contributed by atoms with van der Waals surface area (Å²) >= 11 is 0. The van der Waals surface area contributed by atoms with E-state index in [0.29, 0.717) is 36.4 Å². The number of cyclic esters (lactones) is 1. The third-order valence-corrected chi connectivity index (χ3v) is 5.66. The summed E-state index contributed by atoms with van der Waals surface area (Å²) in [5.74, 6) is -0.521. The molecule has 1 unspecified atom stereocenters.